The lowest BCUT2D eigenvalue weighted by atomic mass is 10.2. The van der Waals surface area contributed by atoms with Crippen molar-refractivity contribution in [1.29, 1.82) is 0 Å². The predicted molar refractivity (Wildman–Crippen MR) is 82.7 cm³/mol. The van der Waals surface area contributed by atoms with Crippen molar-refractivity contribution >= 4 is 16.7 Å². The van der Waals surface area contributed by atoms with Crippen molar-refractivity contribution in [2.24, 2.45) is 21.1 Å². The van der Waals surface area contributed by atoms with Gasteiger partial charge in [0, 0.05) is 40.3 Å². The fourth-order valence-corrected chi connectivity index (χ4v) is 2.89. The summed E-state index contributed by atoms with van der Waals surface area (Å²) in [6.07, 6.45) is 0. The smallest absolute Gasteiger partial charge is 0.332 e. The van der Waals surface area contributed by atoms with Crippen molar-refractivity contribution in [1.82, 2.24) is 13.7 Å². The molecule has 3 rings (SSSR count). The molecule has 2 aromatic rings. The molecule has 22 heavy (non-hydrogen) atoms. The molecule has 0 amide bonds. The fourth-order valence-electron chi connectivity index (χ4n) is 2.89. The van der Waals surface area contributed by atoms with Gasteiger partial charge in [-0.25, -0.2) is 4.79 Å². The molecular weight excluding hydrogens is 288 g/mol. The summed E-state index contributed by atoms with van der Waals surface area (Å²) in [4.78, 5) is 38.9. The third kappa shape index (κ3) is 1.98. The van der Waals surface area contributed by atoms with E-state index in [1.54, 1.807) is 14.1 Å². The van der Waals surface area contributed by atoms with Gasteiger partial charge in [0.05, 0.1) is 18.9 Å². The number of morpholine rings is 1. The minimum absolute atomic E-state index is 0.253. The Balaban J connectivity index is 2.48. The zero-order valence-corrected chi connectivity index (χ0v) is 12.8. The van der Waals surface area contributed by atoms with E-state index in [1.807, 2.05) is 4.90 Å². The molecule has 0 unspecified atom stereocenters. The molecule has 0 radical (unpaired) electrons. The van der Waals surface area contributed by atoms with Gasteiger partial charge in [0.1, 0.15) is 11.0 Å². The highest BCUT2D eigenvalue weighted by Gasteiger charge is 2.21. The Labute approximate surface area is 125 Å². The molecule has 0 aliphatic carbocycles. The van der Waals surface area contributed by atoms with Crippen LogP contribution in [0.4, 0.5) is 5.69 Å². The van der Waals surface area contributed by atoms with Crippen molar-refractivity contribution in [2.45, 2.75) is 0 Å². The van der Waals surface area contributed by atoms with E-state index in [2.05, 4.69) is 0 Å². The van der Waals surface area contributed by atoms with Gasteiger partial charge >= 0.3 is 5.69 Å². The van der Waals surface area contributed by atoms with Gasteiger partial charge in [-0.15, -0.1) is 0 Å². The number of hydrogen-bond donors (Lipinski definition) is 0. The van der Waals surface area contributed by atoms with Crippen molar-refractivity contribution in [2.75, 3.05) is 31.2 Å². The molecule has 0 aromatic carbocycles. The topological polar surface area (TPSA) is 78.5 Å². The highest BCUT2D eigenvalue weighted by molar-refractivity contribution is 5.89. The molecule has 118 valence electrons. The molecule has 8 nitrogen and oxygen atoms in total. The third-order valence-electron chi connectivity index (χ3n) is 4.15. The lowest BCUT2D eigenvalue weighted by molar-refractivity contribution is 0.123. The largest absolute Gasteiger partial charge is 0.378 e. The van der Waals surface area contributed by atoms with Crippen LogP contribution in [0.3, 0.4) is 0 Å². The summed E-state index contributed by atoms with van der Waals surface area (Å²) in [6, 6.07) is 1.46. The molecule has 0 N–H and O–H groups in total. The van der Waals surface area contributed by atoms with Gasteiger partial charge in [-0.05, 0) is 0 Å². The standard InChI is InChI=1S/C14H18N4O4/c1-15-10(19)8-9(18-4-6-22-7-5-18)11-12(15)16(2)14(21)17(3)13(11)20/h8H,4-7H2,1-3H3. The Morgan fingerprint density at radius 1 is 0.955 bits per heavy atom. The second-order valence-electron chi connectivity index (χ2n) is 5.43. The van der Waals surface area contributed by atoms with Crippen LogP contribution < -0.4 is 21.7 Å². The van der Waals surface area contributed by atoms with Gasteiger partial charge in [-0.1, -0.05) is 0 Å². The van der Waals surface area contributed by atoms with E-state index in [0.717, 1.165) is 4.57 Å². The van der Waals surface area contributed by atoms with Gasteiger partial charge in [0.15, 0.2) is 0 Å². The van der Waals surface area contributed by atoms with E-state index in [0.29, 0.717) is 43.0 Å². The predicted octanol–water partition coefficient (Wildman–Crippen LogP) is -1.23. The Hall–Kier alpha value is -2.35. The van der Waals surface area contributed by atoms with Crippen LogP contribution in [-0.4, -0.2) is 40.0 Å². The Kier molecular flexibility index (Phi) is 3.40. The second kappa shape index (κ2) is 5.13. The minimum Gasteiger partial charge on any atom is -0.378 e. The van der Waals surface area contributed by atoms with Crippen LogP contribution in [0.15, 0.2) is 20.4 Å². The summed E-state index contributed by atoms with van der Waals surface area (Å²) in [5.74, 6) is 0. The zero-order chi connectivity index (χ0) is 16.0. The summed E-state index contributed by atoms with van der Waals surface area (Å²) in [6.45, 7) is 2.30. The number of aromatic nitrogens is 3. The lowest BCUT2D eigenvalue weighted by Gasteiger charge is -2.30. The van der Waals surface area contributed by atoms with Gasteiger partial charge in [-0.2, -0.15) is 0 Å². The summed E-state index contributed by atoms with van der Waals surface area (Å²) in [7, 11) is 4.57. The van der Waals surface area contributed by atoms with Gasteiger partial charge < -0.3 is 9.64 Å². The SMILES string of the molecule is Cn1c(=O)c2c(N3CCOCC3)cc(=O)n(C)c2n(C)c1=O. The Morgan fingerprint density at radius 3 is 2.23 bits per heavy atom. The fraction of sp³-hybridized carbons (Fsp3) is 0.500. The van der Waals surface area contributed by atoms with Crippen molar-refractivity contribution in [3.63, 3.8) is 0 Å². The lowest BCUT2D eigenvalue weighted by Crippen LogP contribution is -2.42. The number of anilines is 1. The highest BCUT2D eigenvalue weighted by atomic mass is 16.5. The third-order valence-corrected chi connectivity index (χ3v) is 4.15. The van der Waals surface area contributed by atoms with Gasteiger partial charge in [-0.3, -0.25) is 23.3 Å². The molecule has 0 atom stereocenters. The molecule has 2 aromatic heterocycles. The summed E-state index contributed by atoms with van der Waals surface area (Å²) >= 11 is 0. The average molecular weight is 306 g/mol. The first-order chi connectivity index (χ1) is 10.4. The number of ether oxygens (including phenoxy) is 1. The average Bonchev–Trinajstić information content (AvgIpc) is 2.53. The normalized spacial score (nSPS) is 15.5. The van der Waals surface area contributed by atoms with Gasteiger partial charge in [0.25, 0.3) is 11.1 Å². The number of pyridine rings is 1. The summed E-state index contributed by atoms with van der Waals surface area (Å²) in [5, 5.41) is 0.383. The first kappa shape index (κ1) is 14.6. The molecule has 1 fully saturated rings. The van der Waals surface area contributed by atoms with E-state index in [4.69, 9.17) is 4.74 Å². The van der Waals surface area contributed by atoms with Crippen LogP contribution in [0.2, 0.25) is 0 Å². The number of hydrogen-bond acceptors (Lipinski definition) is 5. The van der Waals surface area contributed by atoms with Crippen molar-refractivity contribution < 1.29 is 4.74 Å². The van der Waals surface area contributed by atoms with Crippen molar-refractivity contribution in [3.05, 3.63) is 37.3 Å². The molecule has 1 saturated heterocycles. The van der Waals surface area contributed by atoms with E-state index in [9.17, 15) is 14.4 Å². The van der Waals surface area contributed by atoms with Crippen LogP contribution in [0, 0.1) is 0 Å². The Morgan fingerprint density at radius 2 is 1.59 bits per heavy atom. The van der Waals surface area contributed by atoms with E-state index in [1.165, 1.54) is 22.2 Å². The summed E-state index contributed by atoms with van der Waals surface area (Å²) in [5.41, 5.74) is -0.196. The minimum atomic E-state index is -0.452. The zero-order valence-electron chi connectivity index (χ0n) is 12.8. The second-order valence-corrected chi connectivity index (χ2v) is 5.43. The Bertz CT molecular complexity index is 916. The maximum atomic E-state index is 12.6. The highest BCUT2D eigenvalue weighted by Crippen LogP contribution is 2.21. The molecule has 8 heteroatoms. The number of rotatable bonds is 1. The quantitative estimate of drug-likeness (QED) is 0.659. The number of fused-ring (bicyclic) bond motifs is 1. The molecule has 0 saturated carbocycles. The summed E-state index contributed by atoms with van der Waals surface area (Å²) < 4.78 is 9.06. The van der Waals surface area contributed by atoms with Crippen molar-refractivity contribution in [3.8, 4) is 0 Å². The van der Waals surface area contributed by atoms with Crippen LogP contribution in [0.1, 0.15) is 0 Å². The van der Waals surface area contributed by atoms with Crippen LogP contribution >= 0.6 is 0 Å². The first-order valence-electron chi connectivity index (χ1n) is 7.06. The number of nitrogens with zero attached hydrogens (tertiary/aromatic N) is 4. The van der Waals surface area contributed by atoms with E-state index < -0.39 is 11.2 Å². The molecule has 3 heterocycles. The van der Waals surface area contributed by atoms with E-state index in [-0.39, 0.29) is 5.56 Å². The molecule has 1 aliphatic rings. The maximum absolute atomic E-state index is 12.6. The number of aryl methyl sites for hydroxylation is 2. The molecule has 0 bridgehead atoms. The van der Waals surface area contributed by atoms with Crippen LogP contribution in [0.5, 0.6) is 0 Å². The van der Waals surface area contributed by atoms with Crippen LogP contribution in [0.25, 0.3) is 11.0 Å². The molecule has 1 aliphatic heterocycles. The molecule has 0 spiro atoms. The van der Waals surface area contributed by atoms with Gasteiger partial charge in [0.2, 0.25) is 0 Å². The monoisotopic (exact) mass is 306 g/mol. The first-order valence-corrected chi connectivity index (χ1v) is 7.06. The molecular formula is C14H18N4O4. The van der Waals surface area contributed by atoms with Crippen LogP contribution in [-0.2, 0) is 25.9 Å². The van der Waals surface area contributed by atoms with E-state index >= 15 is 0 Å². The maximum Gasteiger partial charge on any atom is 0.332 e.